The van der Waals surface area contributed by atoms with Crippen LogP contribution in [0.5, 0.6) is 11.5 Å². The number of hydrogen-bond acceptors (Lipinski definition) is 7. The molecule has 0 spiro atoms. The van der Waals surface area contributed by atoms with Crippen LogP contribution in [-0.2, 0) is 11.8 Å². The van der Waals surface area contributed by atoms with Gasteiger partial charge in [0, 0.05) is 23.9 Å². The summed E-state index contributed by atoms with van der Waals surface area (Å²) in [5.41, 5.74) is -0.679. The smallest absolute Gasteiger partial charge is 0.385 e. The predicted molar refractivity (Wildman–Crippen MR) is 87.6 cm³/mol. The van der Waals surface area contributed by atoms with E-state index < -0.39 is 15.7 Å². The maximum atomic E-state index is 10.9. The average molecular weight is 375 g/mol. The van der Waals surface area contributed by atoms with Crippen LogP contribution in [-0.4, -0.2) is 9.85 Å². The third-order valence-corrected chi connectivity index (χ3v) is 4.23. The molecule has 120 valence electrons. The van der Waals surface area contributed by atoms with Crippen LogP contribution in [0, 0.1) is 20.2 Å². The van der Waals surface area contributed by atoms with Crippen LogP contribution < -0.4 is 9.05 Å². The van der Waals surface area contributed by atoms with Crippen molar-refractivity contribution in [3.63, 3.8) is 0 Å². The highest BCUT2D eigenvalue weighted by Gasteiger charge is 2.27. The molecule has 2 aromatic rings. The molecule has 23 heavy (non-hydrogen) atoms. The van der Waals surface area contributed by atoms with Crippen LogP contribution in [0.3, 0.4) is 0 Å². The molecule has 0 saturated heterocycles. The Balaban J connectivity index is 2.29. The van der Waals surface area contributed by atoms with Crippen LogP contribution in [0.15, 0.2) is 48.5 Å². The molecule has 0 radical (unpaired) electrons. The fourth-order valence-electron chi connectivity index (χ4n) is 1.62. The van der Waals surface area contributed by atoms with E-state index in [2.05, 4.69) is 0 Å². The number of halogens is 1. The van der Waals surface area contributed by atoms with E-state index in [9.17, 15) is 20.2 Å². The first-order chi connectivity index (χ1) is 10.8. The summed E-state index contributed by atoms with van der Waals surface area (Å²) >= 11 is 11.0. The van der Waals surface area contributed by atoms with E-state index in [1.165, 1.54) is 48.5 Å². The molecule has 11 heteroatoms. The zero-order valence-electron chi connectivity index (χ0n) is 11.2. The average Bonchev–Trinajstić information content (AvgIpc) is 2.47. The largest absolute Gasteiger partial charge is 0.417 e. The Kier molecular flexibility index (Phi) is 5.15. The molecular formula is C12H8ClN2O6PS. The highest BCUT2D eigenvalue weighted by Crippen LogP contribution is 2.56. The van der Waals surface area contributed by atoms with Gasteiger partial charge in [0.1, 0.15) is 0 Å². The lowest BCUT2D eigenvalue weighted by Crippen LogP contribution is -2.00. The summed E-state index contributed by atoms with van der Waals surface area (Å²) in [4.78, 5) is 20.6. The van der Waals surface area contributed by atoms with Gasteiger partial charge in [0.05, 0.1) is 9.85 Å². The minimum Gasteiger partial charge on any atom is -0.417 e. The quantitative estimate of drug-likeness (QED) is 0.418. The van der Waals surface area contributed by atoms with Crippen molar-refractivity contribution in [2.45, 2.75) is 0 Å². The molecule has 0 aliphatic heterocycles. The molecule has 0 saturated carbocycles. The third-order valence-electron chi connectivity index (χ3n) is 2.54. The van der Waals surface area contributed by atoms with Gasteiger partial charge in [-0.3, -0.25) is 20.2 Å². The molecule has 0 unspecified atom stereocenters. The summed E-state index contributed by atoms with van der Waals surface area (Å²) < 4.78 is 10.5. The number of nitrogens with zero attached hydrogens (tertiary/aromatic N) is 2. The fourth-order valence-corrected chi connectivity index (χ4v) is 3.37. The first-order valence-electron chi connectivity index (χ1n) is 5.96. The van der Waals surface area contributed by atoms with Gasteiger partial charge in [-0.25, -0.2) is 0 Å². The van der Waals surface area contributed by atoms with Crippen molar-refractivity contribution >= 4 is 40.3 Å². The monoisotopic (exact) mass is 374 g/mol. The number of benzene rings is 2. The normalized spacial score (nSPS) is 10.8. The van der Waals surface area contributed by atoms with E-state index in [0.717, 1.165) is 0 Å². The van der Waals surface area contributed by atoms with Gasteiger partial charge in [-0.1, -0.05) is 24.3 Å². The number of hydrogen-bond donors (Lipinski definition) is 0. The van der Waals surface area contributed by atoms with E-state index in [1.54, 1.807) is 0 Å². The van der Waals surface area contributed by atoms with E-state index >= 15 is 0 Å². The van der Waals surface area contributed by atoms with Crippen molar-refractivity contribution in [1.29, 1.82) is 0 Å². The Labute approximate surface area is 139 Å². The highest BCUT2D eigenvalue weighted by molar-refractivity contribution is 8.22. The van der Waals surface area contributed by atoms with Gasteiger partial charge in [0.2, 0.25) is 11.5 Å². The maximum absolute atomic E-state index is 10.9. The summed E-state index contributed by atoms with van der Waals surface area (Å²) in [5, 5.41) is 21.9. The number of para-hydroxylation sites is 4. The minimum atomic E-state index is -3.57. The molecule has 0 N–H and O–H groups in total. The lowest BCUT2D eigenvalue weighted by atomic mass is 10.3. The Morgan fingerprint density at radius 3 is 1.57 bits per heavy atom. The molecule has 0 fully saturated rings. The summed E-state index contributed by atoms with van der Waals surface area (Å²) in [5.74, 6) is -3.92. The second-order valence-electron chi connectivity index (χ2n) is 4.06. The number of nitro groups is 2. The molecule has 0 bridgehead atoms. The molecule has 0 aliphatic carbocycles. The molecule has 0 aliphatic rings. The van der Waals surface area contributed by atoms with Gasteiger partial charge in [-0.2, -0.15) is 0 Å². The Morgan fingerprint density at radius 1 is 0.870 bits per heavy atom. The fraction of sp³-hybridized carbons (Fsp3) is 0. The van der Waals surface area contributed by atoms with E-state index in [-0.39, 0.29) is 22.9 Å². The van der Waals surface area contributed by atoms with E-state index in [1.807, 2.05) is 0 Å². The predicted octanol–water partition coefficient (Wildman–Crippen LogP) is 4.42. The van der Waals surface area contributed by atoms with Crippen LogP contribution in [0.2, 0.25) is 0 Å². The lowest BCUT2D eigenvalue weighted by molar-refractivity contribution is -0.385. The van der Waals surface area contributed by atoms with E-state index in [4.69, 9.17) is 32.1 Å². The Morgan fingerprint density at radius 2 is 1.22 bits per heavy atom. The van der Waals surface area contributed by atoms with Crippen molar-refractivity contribution in [2.75, 3.05) is 0 Å². The minimum absolute atomic E-state index is 0.172. The topological polar surface area (TPSA) is 105 Å². The lowest BCUT2D eigenvalue weighted by Gasteiger charge is -2.16. The standard InChI is InChI=1S/C12H8ClN2O6PS/c13-22(23,20-11-7-3-1-5-9(11)14(16)17)21-12-8-4-2-6-10(12)15(18)19/h1-8H. The summed E-state index contributed by atoms with van der Waals surface area (Å²) in [6.07, 6.45) is 0. The second kappa shape index (κ2) is 6.91. The molecule has 8 nitrogen and oxygen atoms in total. The van der Waals surface area contributed by atoms with E-state index in [0.29, 0.717) is 0 Å². The highest BCUT2D eigenvalue weighted by atomic mass is 35.7. The van der Waals surface area contributed by atoms with Crippen molar-refractivity contribution in [3.05, 3.63) is 68.8 Å². The summed E-state index contributed by atoms with van der Waals surface area (Å²) in [7, 11) is 0. The molecule has 2 rings (SSSR count). The van der Waals surface area contributed by atoms with Crippen molar-refractivity contribution in [3.8, 4) is 11.5 Å². The van der Waals surface area contributed by atoms with Gasteiger partial charge in [0.15, 0.2) is 0 Å². The SMILES string of the molecule is O=[N+]([O-])c1ccccc1OP(=S)(Cl)Oc1ccccc1[N+](=O)[O-]. The van der Waals surface area contributed by atoms with Crippen LogP contribution in [0.25, 0.3) is 0 Å². The zero-order chi connectivity index (χ0) is 17.0. The van der Waals surface area contributed by atoms with Crippen molar-refractivity contribution < 1.29 is 18.9 Å². The first-order valence-corrected chi connectivity index (χ1v) is 9.50. The zero-order valence-corrected chi connectivity index (χ0v) is 13.7. The van der Waals surface area contributed by atoms with Gasteiger partial charge in [0.25, 0.3) is 0 Å². The van der Waals surface area contributed by atoms with Crippen LogP contribution in [0.1, 0.15) is 0 Å². The van der Waals surface area contributed by atoms with Gasteiger partial charge < -0.3 is 9.05 Å². The van der Waals surface area contributed by atoms with Gasteiger partial charge in [-0.15, -0.1) is 0 Å². The van der Waals surface area contributed by atoms with Gasteiger partial charge in [-0.05, 0) is 23.4 Å². The molecule has 0 atom stereocenters. The third kappa shape index (κ3) is 4.38. The van der Waals surface area contributed by atoms with Crippen LogP contribution in [0.4, 0.5) is 11.4 Å². The summed E-state index contributed by atoms with van der Waals surface area (Å²) in [6.45, 7) is 0. The summed E-state index contributed by atoms with van der Waals surface area (Å²) in [6, 6.07) is 10.9. The maximum Gasteiger partial charge on any atom is 0.385 e. The molecule has 0 aromatic heterocycles. The molecular weight excluding hydrogens is 367 g/mol. The first kappa shape index (κ1) is 17.1. The Bertz CT molecular complexity index is 754. The molecule has 0 heterocycles. The van der Waals surface area contributed by atoms with Crippen molar-refractivity contribution in [1.82, 2.24) is 0 Å². The van der Waals surface area contributed by atoms with Crippen molar-refractivity contribution in [2.24, 2.45) is 0 Å². The number of nitro benzene ring substituents is 2. The van der Waals surface area contributed by atoms with Crippen LogP contribution >= 0.6 is 17.1 Å². The van der Waals surface area contributed by atoms with Gasteiger partial charge >= 0.3 is 17.2 Å². The number of rotatable bonds is 6. The second-order valence-corrected chi connectivity index (χ2v) is 8.67. The molecule has 0 amide bonds. The molecule has 2 aromatic carbocycles. The Hall–Kier alpha value is -2.22.